The van der Waals surface area contributed by atoms with Crippen LogP contribution in [0.4, 0.5) is 0 Å². The van der Waals surface area contributed by atoms with Gasteiger partial charge in [-0.3, -0.25) is 0 Å². The zero-order chi connectivity index (χ0) is 14.9. The van der Waals surface area contributed by atoms with E-state index >= 15 is 0 Å². The number of nitriles is 1. The van der Waals surface area contributed by atoms with E-state index in [9.17, 15) is 10.4 Å². The van der Waals surface area contributed by atoms with Crippen LogP contribution in [0.15, 0.2) is 42.5 Å². The van der Waals surface area contributed by atoms with Crippen LogP contribution in [0.3, 0.4) is 0 Å². The first kappa shape index (κ1) is 14.1. The number of benzene rings is 2. The Hall–Kier alpha value is -1.85. The van der Waals surface area contributed by atoms with Crippen LogP contribution in [0.5, 0.6) is 0 Å². The van der Waals surface area contributed by atoms with Gasteiger partial charge in [-0.05, 0) is 47.9 Å². The van der Waals surface area contributed by atoms with E-state index in [-0.39, 0.29) is 0 Å². The number of hydrogen-bond donors (Lipinski definition) is 1. The van der Waals surface area contributed by atoms with Gasteiger partial charge in [0.1, 0.15) is 0 Å². The maximum absolute atomic E-state index is 11.0. The van der Waals surface area contributed by atoms with E-state index in [1.54, 1.807) is 0 Å². The van der Waals surface area contributed by atoms with Gasteiger partial charge in [-0.2, -0.15) is 5.26 Å². The summed E-state index contributed by atoms with van der Waals surface area (Å²) in [4.78, 5) is 0. The molecule has 1 aliphatic rings. The average molecular weight is 279 g/mol. The van der Waals surface area contributed by atoms with Gasteiger partial charge in [0.05, 0.1) is 17.6 Å². The molecule has 1 N–H and O–H groups in total. The third kappa shape index (κ3) is 2.43. The second-order valence-electron chi connectivity index (χ2n) is 6.42. The second kappa shape index (κ2) is 5.50. The smallest absolute Gasteiger partial charge is 0.0982 e. The third-order valence-electron chi connectivity index (χ3n) is 5.03. The molecule has 108 valence electrons. The minimum absolute atomic E-state index is 0.628. The lowest BCUT2D eigenvalue weighted by molar-refractivity contribution is 0.0277. The van der Waals surface area contributed by atoms with Crippen molar-refractivity contribution in [1.82, 2.24) is 0 Å². The number of aliphatic hydroxyl groups excluding tert-OH is 1. The third-order valence-corrected chi connectivity index (χ3v) is 5.03. The lowest BCUT2D eigenvalue weighted by Crippen LogP contribution is -2.32. The number of aliphatic hydroxyl groups is 1. The standard InChI is InChI=1S/C19H21NO/c1-14-9-11-19(13-20,12-10-14)18(21)17-8-4-6-15-5-2-3-7-16(15)17/h2-8,14,18,21H,9-12H2,1H3. The van der Waals surface area contributed by atoms with Crippen LogP contribution in [0.1, 0.15) is 44.3 Å². The fraction of sp³-hybridized carbons (Fsp3) is 0.421. The summed E-state index contributed by atoms with van der Waals surface area (Å²) in [6.45, 7) is 2.23. The number of nitrogens with zero attached hydrogens (tertiary/aromatic N) is 1. The van der Waals surface area contributed by atoms with Crippen molar-refractivity contribution in [3.05, 3.63) is 48.0 Å². The molecule has 0 aliphatic heterocycles. The Bertz CT molecular complexity index is 672. The summed E-state index contributed by atoms with van der Waals surface area (Å²) in [6.07, 6.45) is 2.91. The van der Waals surface area contributed by atoms with Gasteiger partial charge in [-0.15, -0.1) is 0 Å². The summed E-state index contributed by atoms with van der Waals surface area (Å²) >= 11 is 0. The molecule has 0 bridgehead atoms. The summed E-state index contributed by atoms with van der Waals surface area (Å²) in [5.74, 6) is 0.659. The lowest BCUT2D eigenvalue weighted by atomic mass is 9.67. The van der Waals surface area contributed by atoms with E-state index in [2.05, 4.69) is 13.0 Å². The van der Waals surface area contributed by atoms with E-state index in [0.29, 0.717) is 5.92 Å². The summed E-state index contributed by atoms with van der Waals surface area (Å²) in [6, 6.07) is 16.5. The highest BCUT2D eigenvalue weighted by molar-refractivity contribution is 5.86. The van der Waals surface area contributed by atoms with Crippen molar-refractivity contribution in [3.63, 3.8) is 0 Å². The topological polar surface area (TPSA) is 44.0 Å². The molecule has 0 amide bonds. The zero-order valence-corrected chi connectivity index (χ0v) is 12.4. The molecule has 3 rings (SSSR count). The van der Waals surface area contributed by atoms with Crippen LogP contribution in [0.25, 0.3) is 10.8 Å². The summed E-state index contributed by atoms with van der Waals surface area (Å²) in [5, 5.41) is 22.9. The van der Waals surface area contributed by atoms with Crippen LogP contribution in [-0.4, -0.2) is 5.11 Å². The van der Waals surface area contributed by atoms with Crippen molar-refractivity contribution in [3.8, 4) is 6.07 Å². The Morgan fingerprint density at radius 1 is 1.14 bits per heavy atom. The molecule has 2 aromatic rings. The van der Waals surface area contributed by atoms with Crippen LogP contribution in [-0.2, 0) is 0 Å². The molecule has 1 fully saturated rings. The molecular weight excluding hydrogens is 258 g/mol. The van der Waals surface area contributed by atoms with Crippen molar-refractivity contribution in [1.29, 1.82) is 5.26 Å². The van der Waals surface area contributed by atoms with Gasteiger partial charge in [0, 0.05) is 0 Å². The average Bonchev–Trinajstić information content (AvgIpc) is 2.55. The van der Waals surface area contributed by atoms with Crippen molar-refractivity contribution < 1.29 is 5.11 Å². The molecule has 2 heteroatoms. The van der Waals surface area contributed by atoms with Gasteiger partial charge < -0.3 is 5.11 Å². The maximum Gasteiger partial charge on any atom is 0.0982 e. The van der Waals surface area contributed by atoms with E-state index in [0.717, 1.165) is 42.0 Å². The summed E-state index contributed by atoms with van der Waals surface area (Å²) < 4.78 is 0. The highest BCUT2D eigenvalue weighted by Crippen LogP contribution is 2.48. The minimum atomic E-state index is -0.707. The molecule has 0 heterocycles. The fourth-order valence-electron chi connectivity index (χ4n) is 3.51. The van der Waals surface area contributed by atoms with E-state index in [1.807, 2.05) is 42.5 Å². The molecular formula is C19H21NO. The van der Waals surface area contributed by atoms with Gasteiger partial charge >= 0.3 is 0 Å². The van der Waals surface area contributed by atoms with Gasteiger partial charge in [0.25, 0.3) is 0 Å². The fourth-order valence-corrected chi connectivity index (χ4v) is 3.51. The van der Waals surface area contributed by atoms with Crippen molar-refractivity contribution in [2.75, 3.05) is 0 Å². The normalized spacial score (nSPS) is 27.2. The van der Waals surface area contributed by atoms with E-state index in [4.69, 9.17) is 0 Å². The number of rotatable bonds is 2. The van der Waals surface area contributed by atoms with Gasteiger partial charge in [-0.25, -0.2) is 0 Å². The molecule has 1 aliphatic carbocycles. The first-order valence-electron chi connectivity index (χ1n) is 7.73. The first-order valence-corrected chi connectivity index (χ1v) is 7.73. The summed E-state index contributed by atoms with van der Waals surface area (Å²) in [5.41, 5.74) is 0.264. The molecule has 0 aromatic heterocycles. The molecule has 2 aromatic carbocycles. The molecule has 0 saturated heterocycles. The molecule has 0 spiro atoms. The summed E-state index contributed by atoms with van der Waals surface area (Å²) in [7, 11) is 0. The number of fused-ring (bicyclic) bond motifs is 1. The molecule has 1 saturated carbocycles. The molecule has 1 atom stereocenters. The van der Waals surface area contributed by atoms with Crippen molar-refractivity contribution in [2.45, 2.75) is 38.7 Å². The minimum Gasteiger partial charge on any atom is -0.387 e. The SMILES string of the molecule is CC1CCC(C#N)(C(O)c2cccc3ccccc23)CC1. The zero-order valence-electron chi connectivity index (χ0n) is 12.4. The highest BCUT2D eigenvalue weighted by Gasteiger charge is 2.42. The van der Waals surface area contributed by atoms with Gasteiger partial charge in [0.2, 0.25) is 0 Å². The Labute approximate surface area is 126 Å². The van der Waals surface area contributed by atoms with Crippen LogP contribution < -0.4 is 0 Å². The molecule has 0 radical (unpaired) electrons. The van der Waals surface area contributed by atoms with Crippen LogP contribution in [0, 0.1) is 22.7 Å². The van der Waals surface area contributed by atoms with Gasteiger partial charge in [-0.1, -0.05) is 49.4 Å². The Balaban J connectivity index is 2.03. The Morgan fingerprint density at radius 2 is 1.81 bits per heavy atom. The predicted octanol–water partition coefficient (Wildman–Crippen LogP) is 4.59. The number of hydrogen-bond acceptors (Lipinski definition) is 2. The predicted molar refractivity (Wildman–Crippen MR) is 84.6 cm³/mol. The van der Waals surface area contributed by atoms with Crippen LogP contribution in [0.2, 0.25) is 0 Å². The largest absolute Gasteiger partial charge is 0.387 e. The molecule has 1 unspecified atom stereocenters. The first-order chi connectivity index (χ1) is 10.2. The van der Waals surface area contributed by atoms with E-state index in [1.165, 1.54) is 0 Å². The van der Waals surface area contributed by atoms with Crippen molar-refractivity contribution >= 4 is 10.8 Å². The lowest BCUT2D eigenvalue weighted by Gasteiger charge is -2.37. The Morgan fingerprint density at radius 3 is 2.52 bits per heavy atom. The van der Waals surface area contributed by atoms with E-state index < -0.39 is 11.5 Å². The van der Waals surface area contributed by atoms with Gasteiger partial charge in [0.15, 0.2) is 0 Å². The molecule has 2 nitrogen and oxygen atoms in total. The Kier molecular flexibility index (Phi) is 3.69. The monoisotopic (exact) mass is 279 g/mol. The van der Waals surface area contributed by atoms with Crippen molar-refractivity contribution in [2.24, 2.45) is 11.3 Å². The maximum atomic E-state index is 11.0. The second-order valence-corrected chi connectivity index (χ2v) is 6.42. The quantitative estimate of drug-likeness (QED) is 0.873. The van der Waals surface area contributed by atoms with Crippen LogP contribution >= 0.6 is 0 Å². The highest BCUT2D eigenvalue weighted by atomic mass is 16.3. The molecule has 21 heavy (non-hydrogen) atoms.